The lowest BCUT2D eigenvalue weighted by molar-refractivity contribution is 0.676. The van der Waals surface area contributed by atoms with Crippen molar-refractivity contribution in [3.8, 4) is 62.2 Å². The lowest BCUT2D eigenvalue weighted by atomic mass is 9.99. The summed E-state index contributed by atoms with van der Waals surface area (Å²) >= 11 is 0. The zero-order chi connectivity index (χ0) is 37.0. The SMILES string of the molecule is c1ccc(-c2nc(-c3ccccc3)nc(-c3ccc(-c4cccc5c4c4oc6c7ccccc7nc(-c7ccccc7)c6c4n5-c4ccccc4)cc3)n2)cc1. The molecule has 7 aromatic carbocycles. The first-order valence-corrected chi connectivity index (χ1v) is 18.7. The summed E-state index contributed by atoms with van der Waals surface area (Å²) < 4.78 is 9.45. The summed E-state index contributed by atoms with van der Waals surface area (Å²) in [5, 5.41) is 3.01. The van der Waals surface area contributed by atoms with Gasteiger partial charge in [-0.15, -0.1) is 0 Å². The van der Waals surface area contributed by atoms with Gasteiger partial charge in [0.2, 0.25) is 0 Å². The van der Waals surface area contributed by atoms with Crippen molar-refractivity contribution in [1.82, 2.24) is 24.5 Å². The molecule has 0 N–H and O–H groups in total. The molecule has 262 valence electrons. The number of nitrogens with zero attached hydrogens (tertiary/aromatic N) is 5. The Kier molecular flexibility index (Phi) is 7.38. The van der Waals surface area contributed by atoms with Crippen LogP contribution >= 0.6 is 0 Å². The van der Waals surface area contributed by atoms with Gasteiger partial charge < -0.3 is 8.98 Å². The number of para-hydroxylation sites is 2. The minimum atomic E-state index is 0.616. The molecule has 11 rings (SSSR count). The van der Waals surface area contributed by atoms with Crippen LogP contribution < -0.4 is 0 Å². The topological polar surface area (TPSA) is 69.6 Å². The summed E-state index contributed by atoms with van der Waals surface area (Å²) in [6, 6.07) is 64.3. The molecule has 0 bridgehead atoms. The van der Waals surface area contributed by atoms with Gasteiger partial charge in [0, 0.05) is 33.3 Å². The molecular formula is C50H31N5O. The van der Waals surface area contributed by atoms with Crippen LogP contribution in [0.3, 0.4) is 0 Å². The lowest BCUT2D eigenvalue weighted by Gasteiger charge is -2.11. The van der Waals surface area contributed by atoms with Gasteiger partial charge in [-0.3, -0.25) is 0 Å². The Labute approximate surface area is 322 Å². The maximum absolute atomic E-state index is 7.12. The Bertz CT molecular complexity index is 3150. The summed E-state index contributed by atoms with van der Waals surface area (Å²) in [4.78, 5) is 20.1. The van der Waals surface area contributed by atoms with Crippen LogP contribution in [0.4, 0.5) is 0 Å². The number of fused-ring (bicyclic) bond motifs is 7. The second kappa shape index (κ2) is 13.0. The van der Waals surface area contributed by atoms with E-state index < -0.39 is 0 Å². The first kappa shape index (κ1) is 31.8. The fourth-order valence-electron chi connectivity index (χ4n) is 7.87. The van der Waals surface area contributed by atoms with Gasteiger partial charge in [0.05, 0.1) is 27.5 Å². The third-order valence-electron chi connectivity index (χ3n) is 10.4. The molecule has 0 spiro atoms. The number of furan rings is 1. The highest BCUT2D eigenvalue weighted by molar-refractivity contribution is 6.26. The second-order valence-corrected chi connectivity index (χ2v) is 13.8. The quantitative estimate of drug-likeness (QED) is 0.171. The molecule has 0 aliphatic carbocycles. The molecule has 0 aliphatic rings. The molecule has 0 fully saturated rings. The van der Waals surface area contributed by atoms with E-state index in [1.165, 1.54) is 0 Å². The van der Waals surface area contributed by atoms with Gasteiger partial charge in [0.25, 0.3) is 0 Å². The number of pyridine rings is 1. The van der Waals surface area contributed by atoms with Crippen molar-refractivity contribution in [2.24, 2.45) is 0 Å². The number of hydrogen-bond donors (Lipinski definition) is 0. The van der Waals surface area contributed by atoms with Gasteiger partial charge in [0.1, 0.15) is 11.1 Å². The highest BCUT2D eigenvalue weighted by Gasteiger charge is 2.26. The van der Waals surface area contributed by atoms with Crippen LogP contribution in [0.25, 0.3) is 106 Å². The summed E-state index contributed by atoms with van der Waals surface area (Å²) in [5.74, 6) is 1.88. The van der Waals surface area contributed by atoms with Crippen LogP contribution in [0, 0.1) is 0 Å². The van der Waals surface area contributed by atoms with Crippen molar-refractivity contribution in [2.75, 3.05) is 0 Å². The highest BCUT2D eigenvalue weighted by atomic mass is 16.3. The molecule has 6 nitrogen and oxygen atoms in total. The first-order valence-electron chi connectivity index (χ1n) is 18.7. The minimum absolute atomic E-state index is 0.616. The smallest absolute Gasteiger partial charge is 0.164 e. The molecule has 0 saturated heterocycles. The van der Waals surface area contributed by atoms with E-state index in [2.05, 4.69) is 114 Å². The summed E-state index contributed by atoms with van der Waals surface area (Å²) in [7, 11) is 0. The molecule has 0 unspecified atom stereocenters. The predicted molar refractivity (Wildman–Crippen MR) is 226 cm³/mol. The van der Waals surface area contributed by atoms with E-state index in [4.69, 9.17) is 24.4 Å². The molecule has 0 aliphatic heterocycles. The van der Waals surface area contributed by atoms with Crippen LogP contribution in [0.5, 0.6) is 0 Å². The molecule has 4 heterocycles. The Morgan fingerprint density at radius 1 is 0.375 bits per heavy atom. The van der Waals surface area contributed by atoms with Gasteiger partial charge in [-0.2, -0.15) is 0 Å². The molecule has 0 amide bonds. The largest absolute Gasteiger partial charge is 0.453 e. The number of benzene rings is 7. The molecule has 11 aromatic rings. The highest BCUT2D eigenvalue weighted by Crippen LogP contribution is 2.47. The van der Waals surface area contributed by atoms with Crippen molar-refractivity contribution in [1.29, 1.82) is 0 Å². The third-order valence-corrected chi connectivity index (χ3v) is 10.4. The van der Waals surface area contributed by atoms with Crippen molar-refractivity contribution >= 4 is 43.9 Å². The number of hydrogen-bond acceptors (Lipinski definition) is 5. The average Bonchev–Trinajstić information content (AvgIpc) is 3.83. The summed E-state index contributed by atoms with van der Waals surface area (Å²) in [6.45, 7) is 0. The van der Waals surface area contributed by atoms with Crippen molar-refractivity contribution in [3.05, 3.63) is 188 Å². The van der Waals surface area contributed by atoms with E-state index in [1.807, 2.05) is 78.9 Å². The monoisotopic (exact) mass is 717 g/mol. The zero-order valence-electron chi connectivity index (χ0n) is 30.0. The van der Waals surface area contributed by atoms with Gasteiger partial charge >= 0.3 is 0 Å². The predicted octanol–water partition coefficient (Wildman–Crippen LogP) is 12.6. The molecule has 4 aromatic heterocycles. The van der Waals surface area contributed by atoms with Crippen LogP contribution in [0.2, 0.25) is 0 Å². The van der Waals surface area contributed by atoms with Crippen LogP contribution in [-0.4, -0.2) is 24.5 Å². The Hall–Kier alpha value is -7.70. The second-order valence-electron chi connectivity index (χ2n) is 13.8. The Morgan fingerprint density at radius 2 is 0.893 bits per heavy atom. The minimum Gasteiger partial charge on any atom is -0.453 e. The summed E-state index contributed by atoms with van der Waals surface area (Å²) in [6.07, 6.45) is 0. The van der Waals surface area contributed by atoms with E-state index in [9.17, 15) is 0 Å². The van der Waals surface area contributed by atoms with Crippen LogP contribution in [-0.2, 0) is 0 Å². The maximum Gasteiger partial charge on any atom is 0.164 e. The van der Waals surface area contributed by atoms with E-state index in [-0.39, 0.29) is 0 Å². The van der Waals surface area contributed by atoms with E-state index in [1.54, 1.807) is 0 Å². The fourth-order valence-corrected chi connectivity index (χ4v) is 7.87. The molecule has 0 atom stereocenters. The van der Waals surface area contributed by atoms with Crippen LogP contribution in [0.1, 0.15) is 0 Å². The van der Waals surface area contributed by atoms with Crippen molar-refractivity contribution in [2.45, 2.75) is 0 Å². The van der Waals surface area contributed by atoms with E-state index in [0.29, 0.717) is 17.5 Å². The zero-order valence-corrected chi connectivity index (χ0v) is 30.0. The van der Waals surface area contributed by atoms with Crippen molar-refractivity contribution < 1.29 is 4.42 Å². The summed E-state index contributed by atoms with van der Waals surface area (Å²) in [5.41, 5.74) is 12.5. The van der Waals surface area contributed by atoms with Gasteiger partial charge in [-0.05, 0) is 41.5 Å². The fraction of sp³-hybridized carbons (Fsp3) is 0. The maximum atomic E-state index is 7.12. The number of rotatable bonds is 6. The Morgan fingerprint density at radius 3 is 1.52 bits per heavy atom. The lowest BCUT2D eigenvalue weighted by Crippen LogP contribution is -2.00. The number of aromatic nitrogens is 5. The molecule has 0 radical (unpaired) electrons. The molecular weight excluding hydrogens is 687 g/mol. The van der Waals surface area contributed by atoms with Gasteiger partial charge in [0.15, 0.2) is 23.1 Å². The van der Waals surface area contributed by atoms with Crippen molar-refractivity contribution in [3.63, 3.8) is 0 Å². The standard InChI is InChI=1S/C50H31N5O/c1-5-16-33(17-6-1)44-43-45-47(56-46(43)39-24-13-14-26-40(39)51-44)42-38(25-15-27-41(42)55(45)37-22-11-4-12-23-37)32-28-30-36(31-29-32)50-53-48(34-18-7-2-8-19-34)52-49(54-50)35-20-9-3-10-21-35/h1-31H. The van der Waals surface area contributed by atoms with Gasteiger partial charge in [-0.25, -0.2) is 19.9 Å². The molecule has 0 saturated carbocycles. The van der Waals surface area contributed by atoms with E-state index >= 15 is 0 Å². The van der Waals surface area contributed by atoms with Gasteiger partial charge in [-0.1, -0.05) is 158 Å². The Balaban J connectivity index is 1.14. The van der Waals surface area contributed by atoms with E-state index in [0.717, 1.165) is 88.6 Å². The average molecular weight is 718 g/mol. The molecule has 56 heavy (non-hydrogen) atoms. The first-order chi connectivity index (χ1) is 27.8. The third kappa shape index (κ3) is 5.19. The molecule has 6 heteroatoms. The van der Waals surface area contributed by atoms with Crippen LogP contribution in [0.15, 0.2) is 192 Å². The normalized spacial score (nSPS) is 11.6.